The van der Waals surface area contributed by atoms with E-state index in [4.69, 9.17) is 11.5 Å². The molecule has 5 amide bonds. The van der Waals surface area contributed by atoms with Crippen molar-refractivity contribution in [3.05, 3.63) is 29.8 Å². The van der Waals surface area contributed by atoms with Crippen LogP contribution in [-0.4, -0.2) is 77.4 Å². The van der Waals surface area contributed by atoms with Gasteiger partial charge in [0.2, 0.25) is 29.5 Å². The van der Waals surface area contributed by atoms with Gasteiger partial charge in [0.05, 0.1) is 0 Å². The minimum atomic E-state index is -1.15. The van der Waals surface area contributed by atoms with Crippen molar-refractivity contribution in [2.45, 2.75) is 104 Å². The van der Waals surface area contributed by atoms with Crippen LogP contribution in [0.3, 0.4) is 0 Å². The van der Waals surface area contributed by atoms with Gasteiger partial charge in [0.1, 0.15) is 36.0 Å². The Morgan fingerprint density at radius 1 is 0.761 bits per heavy atom. The molecule has 0 spiro atoms. The predicted molar refractivity (Wildman–Crippen MR) is 175 cm³/mol. The maximum absolute atomic E-state index is 13.8. The standard InChI is InChI=1S/C32H52N8O6/c1-7-19(6)26-31(46)38-24(16-20-10-12-21(41)13-11-20)28(43)36-22(9-8-14-35-32(33)34)27(42)39-25(18(4)5)30(45)37-23(15-17(2)3)29(44)40-26/h10-13,17-19,22-26,41H,7-9,14-16H2,1-6H3,(H,36,43)(H,37,45)(H,38,46)(H,39,42)(H,40,44)(H4,33,34,35)/t19-,22+,23+,24-,25+,26+/m1/s1. The Labute approximate surface area is 271 Å². The van der Waals surface area contributed by atoms with E-state index < -0.39 is 59.7 Å². The number of rotatable bonds is 11. The monoisotopic (exact) mass is 644 g/mol. The molecule has 1 aromatic rings. The van der Waals surface area contributed by atoms with E-state index in [1.54, 1.807) is 26.0 Å². The molecule has 256 valence electrons. The van der Waals surface area contributed by atoms with Crippen molar-refractivity contribution in [3.63, 3.8) is 0 Å². The number of benzene rings is 1. The first-order chi connectivity index (χ1) is 21.6. The fraction of sp³-hybridized carbons (Fsp3) is 0.625. The minimum Gasteiger partial charge on any atom is -0.508 e. The smallest absolute Gasteiger partial charge is 0.243 e. The summed E-state index contributed by atoms with van der Waals surface area (Å²) in [7, 11) is 0. The van der Waals surface area contributed by atoms with Crippen LogP contribution in [0.5, 0.6) is 5.75 Å². The molecular weight excluding hydrogens is 592 g/mol. The van der Waals surface area contributed by atoms with Gasteiger partial charge in [0, 0.05) is 13.0 Å². The summed E-state index contributed by atoms with van der Waals surface area (Å²) < 4.78 is 0. The van der Waals surface area contributed by atoms with Crippen molar-refractivity contribution >= 4 is 35.5 Å². The van der Waals surface area contributed by atoms with Crippen LogP contribution in [0.25, 0.3) is 0 Å². The lowest BCUT2D eigenvalue weighted by Gasteiger charge is -2.29. The largest absolute Gasteiger partial charge is 0.508 e. The molecule has 1 aliphatic rings. The lowest BCUT2D eigenvalue weighted by molar-refractivity contribution is -0.135. The molecule has 14 nitrogen and oxygen atoms in total. The Hall–Kier alpha value is -4.36. The number of amides is 5. The molecule has 0 aromatic heterocycles. The van der Waals surface area contributed by atoms with Crippen LogP contribution in [0, 0.1) is 17.8 Å². The molecular formula is C32H52N8O6. The van der Waals surface area contributed by atoms with Crippen LogP contribution in [0.4, 0.5) is 0 Å². The lowest BCUT2D eigenvalue weighted by Crippen LogP contribution is -2.59. The third-order valence-corrected chi connectivity index (χ3v) is 7.97. The number of nitrogens with zero attached hydrogens (tertiary/aromatic N) is 1. The molecule has 0 saturated carbocycles. The second-order valence-corrected chi connectivity index (χ2v) is 12.7. The van der Waals surface area contributed by atoms with E-state index in [2.05, 4.69) is 31.6 Å². The topological polar surface area (TPSA) is 230 Å². The molecule has 1 fully saturated rings. The fourth-order valence-corrected chi connectivity index (χ4v) is 5.09. The molecule has 1 aliphatic heterocycles. The van der Waals surface area contributed by atoms with E-state index in [9.17, 15) is 29.1 Å². The van der Waals surface area contributed by atoms with E-state index in [1.165, 1.54) is 12.1 Å². The summed E-state index contributed by atoms with van der Waals surface area (Å²) in [6, 6.07) is 0.927. The number of hydrogen-bond acceptors (Lipinski definition) is 7. The number of aromatic hydroxyl groups is 1. The van der Waals surface area contributed by atoms with Gasteiger partial charge in [-0.2, -0.15) is 0 Å². The summed E-state index contributed by atoms with van der Waals surface area (Å²) in [6.45, 7) is 11.2. The zero-order chi connectivity index (χ0) is 34.6. The van der Waals surface area contributed by atoms with Crippen molar-refractivity contribution in [1.82, 2.24) is 26.6 Å². The first-order valence-corrected chi connectivity index (χ1v) is 16.0. The lowest BCUT2D eigenvalue weighted by atomic mass is 9.95. The van der Waals surface area contributed by atoms with Gasteiger partial charge in [-0.1, -0.05) is 60.1 Å². The van der Waals surface area contributed by atoms with Gasteiger partial charge in [-0.25, -0.2) is 0 Å². The highest BCUT2D eigenvalue weighted by molar-refractivity contribution is 5.98. The Morgan fingerprint density at radius 3 is 1.85 bits per heavy atom. The third kappa shape index (κ3) is 11.9. The van der Waals surface area contributed by atoms with Crippen LogP contribution in [-0.2, 0) is 30.4 Å². The summed E-state index contributed by atoms with van der Waals surface area (Å²) in [4.78, 5) is 72.5. The zero-order valence-corrected chi connectivity index (χ0v) is 27.8. The number of phenols is 1. The Kier molecular flexibility index (Phi) is 14.8. The average molecular weight is 645 g/mol. The Morgan fingerprint density at radius 2 is 1.28 bits per heavy atom. The molecule has 0 unspecified atom stereocenters. The molecule has 46 heavy (non-hydrogen) atoms. The first kappa shape index (κ1) is 37.8. The fourth-order valence-electron chi connectivity index (χ4n) is 5.09. The highest BCUT2D eigenvalue weighted by atomic mass is 16.3. The third-order valence-electron chi connectivity index (χ3n) is 7.97. The summed E-state index contributed by atoms with van der Waals surface area (Å²) in [6.07, 6.45) is 1.33. The molecule has 2 rings (SSSR count). The molecule has 1 saturated heterocycles. The second-order valence-electron chi connectivity index (χ2n) is 12.7. The molecule has 0 bridgehead atoms. The quantitative estimate of drug-likeness (QED) is 0.0938. The summed E-state index contributed by atoms with van der Waals surface area (Å²) in [5.74, 6) is -3.67. The number of nitrogens with one attached hydrogen (secondary N) is 5. The highest BCUT2D eigenvalue weighted by Crippen LogP contribution is 2.15. The minimum absolute atomic E-state index is 0.0206. The highest BCUT2D eigenvalue weighted by Gasteiger charge is 2.36. The van der Waals surface area contributed by atoms with Crippen molar-refractivity contribution < 1.29 is 29.1 Å². The molecule has 0 radical (unpaired) electrons. The maximum Gasteiger partial charge on any atom is 0.243 e. The molecule has 1 aromatic carbocycles. The second kappa shape index (κ2) is 18.0. The van der Waals surface area contributed by atoms with Gasteiger partial charge in [-0.15, -0.1) is 0 Å². The van der Waals surface area contributed by atoms with Crippen molar-refractivity contribution in [2.24, 2.45) is 34.2 Å². The molecule has 10 N–H and O–H groups in total. The summed E-state index contributed by atoms with van der Waals surface area (Å²) in [5.41, 5.74) is 11.5. The number of phenolic OH excluding ortho intramolecular Hbond substituents is 1. The van der Waals surface area contributed by atoms with Crippen molar-refractivity contribution in [2.75, 3.05) is 6.54 Å². The van der Waals surface area contributed by atoms with Crippen molar-refractivity contribution in [3.8, 4) is 5.75 Å². The number of nitrogens with two attached hydrogens (primary N) is 2. The van der Waals surface area contributed by atoms with Gasteiger partial charge in [0.15, 0.2) is 5.96 Å². The van der Waals surface area contributed by atoms with E-state index in [0.717, 1.165) is 0 Å². The van der Waals surface area contributed by atoms with Crippen LogP contribution >= 0.6 is 0 Å². The van der Waals surface area contributed by atoms with Crippen LogP contribution in [0.1, 0.15) is 72.8 Å². The zero-order valence-electron chi connectivity index (χ0n) is 27.8. The average Bonchev–Trinajstić information content (AvgIpc) is 2.98. The van der Waals surface area contributed by atoms with E-state index in [-0.39, 0.29) is 48.8 Å². The Bertz CT molecular complexity index is 1230. The predicted octanol–water partition coefficient (Wildman–Crippen LogP) is 0.174. The van der Waals surface area contributed by atoms with E-state index in [1.807, 2.05) is 27.7 Å². The van der Waals surface area contributed by atoms with Gasteiger partial charge in [-0.3, -0.25) is 29.0 Å². The van der Waals surface area contributed by atoms with Crippen molar-refractivity contribution in [1.29, 1.82) is 0 Å². The Balaban J connectivity index is 2.61. The number of carbonyl (C=O) groups is 5. The van der Waals surface area contributed by atoms with Crippen LogP contribution in [0.15, 0.2) is 29.3 Å². The van der Waals surface area contributed by atoms with E-state index >= 15 is 0 Å². The number of hydrogen-bond donors (Lipinski definition) is 8. The maximum atomic E-state index is 13.8. The summed E-state index contributed by atoms with van der Waals surface area (Å²) in [5, 5.41) is 23.7. The van der Waals surface area contributed by atoms with Crippen LogP contribution < -0.4 is 38.1 Å². The molecule has 14 heteroatoms. The molecule has 6 atom stereocenters. The normalized spacial score (nSPS) is 24.1. The SMILES string of the molecule is CC[C@@H](C)[C@@H]1NC(=O)[C@H](CC(C)C)NC(=O)[C@H](C(C)C)NC(=O)[C@H](CCCN=C(N)N)NC(=O)[C@@H](Cc2ccc(O)cc2)NC1=O. The summed E-state index contributed by atoms with van der Waals surface area (Å²) >= 11 is 0. The van der Waals surface area contributed by atoms with Gasteiger partial charge < -0.3 is 43.2 Å². The number of guanidine groups is 1. The first-order valence-electron chi connectivity index (χ1n) is 16.0. The van der Waals surface area contributed by atoms with Gasteiger partial charge >= 0.3 is 0 Å². The number of carbonyl (C=O) groups excluding carboxylic acids is 5. The van der Waals surface area contributed by atoms with E-state index in [0.29, 0.717) is 24.8 Å². The van der Waals surface area contributed by atoms with Crippen LogP contribution in [0.2, 0.25) is 0 Å². The number of aliphatic imine (C=N–C) groups is 1. The molecule has 1 heterocycles. The molecule has 0 aliphatic carbocycles. The van der Waals surface area contributed by atoms with Gasteiger partial charge in [-0.05, 0) is 54.7 Å². The van der Waals surface area contributed by atoms with Gasteiger partial charge in [0.25, 0.3) is 0 Å².